The molecule has 2 rings (SSSR count). The number of benzene rings is 1. The molecule has 0 spiro atoms. The van der Waals surface area contributed by atoms with Gasteiger partial charge in [0, 0.05) is 5.56 Å². The Morgan fingerprint density at radius 1 is 1.38 bits per heavy atom. The van der Waals surface area contributed by atoms with Crippen LogP contribution in [-0.2, 0) is 6.42 Å². The van der Waals surface area contributed by atoms with Crippen LogP contribution in [0.1, 0.15) is 24.5 Å². The van der Waals surface area contributed by atoms with Gasteiger partial charge in [-0.15, -0.1) is 0 Å². The summed E-state index contributed by atoms with van der Waals surface area (Å²) in [5.41, 5.74) is 1.10. The van der Waals surface area contributed by atoms with Crippen molar-refractivity contribution in [1.29, 1.82) is 0 Å². The maximum Gasteiger partial charge on any atom is 0.314 e. The molecule has 0 bridgehead atoms. The Balaban J connectivity index is 2.46. The first kappa shape index (κ1) is 15.2. The Labute approximate surface area is 126 Å². The lowest BCUT2D eigenvalue weighted by Crippen LogP contribution is -2.01. The Kier molecular flexibility index (Phi) is 4.70. The molecule has 7 heteroatoms. The summed E-state index contributed by atoms with van der Waals surface area (Å²) in [7, 11) is 0. The van der Waals surface area contributed by atoms with E-state index in [0.717, 1.165) is 6.42 Å². The van der Waals surface area contributed by atoms with Crippen LogP contribution < -0.4 is 4.74 Å². The van der Waals surface area contributed by atoms with Crippen LogP contribution in [0.15, 0.2) is 24.5 Å². The lowest BCUT2D eigenvalue weighted by molar-refractivity contribution is -0.386. The molecular formula is C14H14ClN3O3. The van der Waals surface area contributed by atoms with Gasteiger partial charge in [-0.3, -0.25) is 10.1 Å². The summed E-state index contributed by atoms with van der Waals surface area (Å²) < 4.78 is 5.64. The summed E-state index contributed by atoms with van der Waals surface area (Å²) in [6, 6.07) is 4.89. The second-order valence-corrected chi connectivity index (χ2v) is 4.84. The zero-order chi connectivity index (χ0) is 15.4. The highest BCUT2D eigenvalue weighted by atomic mass is 35.5. The highest BCUT2D eigenvalue weighted by Crippen LogP contribution is 2.35. The number of para-hydroxylation sites is 1. The van der Waals surface area contributed by atoms with Crippen LogP contribution in [0, 0.1) is 17.0 Å². The van der Waals surface area contributed by atoms with Gasteiger partial charge in [0.15, 0.2) is 0 Å². The highest BCUT2D eigenvalue weighted by molar-refractivity contribution is 6.30. The number of aryl methyl sites for hydroxylation is 1. The maximum absolute atomic E-state index is 11.2. The number of nitrogens with zero attached hydrogens (tertiary/aromatic N) is 3. The van der Waals surface area contributed by atoms with Crippen molar-refractivity contribution in [2.45, 2.75) is 26.7 Å². The van der Waals surface area contributed by atoms with Crippen LogP contribution in [-0.4, -0.2) is 14.9 Å². The van der Waals surface area contributed by atoms with Crippen molar-refractivity contribution < 1.29 is 9.66 Å². The molecule has 0 saturated heterocycles. The molecule has 1 aromatic heterocycles. The van der Waals surface area contributed by atoms with Gasteiger partial charge >= 0.3 is 5.69 Å². The molecule has 110 valence electrons. The quantitative estimate of drug-likeness (QED) is 0.472. The van der Waals surface area contributed by atoms with Crippen molar-refractivity contribution in [3.8, 4) is 11.6 Å². The first-order valence-electron chi connectivity index (χ1n) is 6.45. The summed E-state index contributed by atoms with van der Waals surface area (Å²) in [4.78, 5) is 18.7. The van der Waals surface area contributed by atoms with Crippen molar-refractivity contribution in [2.75, 3.05) is 0 Å². The zero-order valence-corrected chi connectivity index (χ0v) is 12.4. The number of nitro groups is 1. The number of rotatable bonds is 5. The van der Waals surface area contributed by atoms with Crippen LogP contribution in [0.4, 0.5) is 5.69 Å². The van der Waals surface area contributed by atoms with Crippen LogP contribution in [0.25, 0.3) is 0 Å². The van der Waals surface area contributed by atoms with E-state index in [-0.39, 0.29) is 17.3 Å². The van der Waals surface area contributed by atoms with Crippen LogP contribution in [0.3, 0.4) is 0 Å². The second-order valence-electron chi connectivity index (χ2n) is 4.48. The van der Waals surface area contributed by atoms with Gasteiger partial charge in [-0.2, -0.15) is 0 Å². The monoisotopic (exact) mass is 307 g/mol. The fraction of sp³-hybridized carbons (Fsp3) is 0.286. The summed E-state index contributed by atoms with van der Waals surface area (Å²) in [6.07, 6.45) is 2.74. The standard InChI is InChI=1S/C14H14ClN3O3/c1-3-5-10-13(15)16-8-17-14(10)21-11-7-4-6-9(2)12(11)18(19)20/h4,6-8H,3,5H2,1-2H3. The molecular weight excluding hydrogens is 294 g/mol. The Bertz CT molecular complexity index is 677. The molecule has 21 heavy (non-hydrogen) atoms. The average Bonchev–Trinajstić information content (AvgIpc) is 2.42. The molecule has 0 saturated carbocycles. The number of ether oxygens (including phenoxy) is 1. The number of halogens is 1. The van der Waals surface area contributed by atoms with E-state index in [1.165, 1.54) is 12.4 Å². The number of aromatic nitrogens is 2. The molecule has 0 aliphatic rings. The lowest BCUT2D eigenvalue weighted by atomic mass is 10.2. The van der Waals surface area contributed by atoms with Gasteiger partial charge in [-0.1, -0.05) is 37.1 Å². The summed E-state index contributed by atoms with van der Waals surface area (Å²) in [5, 5.41) is 11.5. The van der Waals surface area contributed by atoms with E-state index >= 15 is 0 Å². The highest BCUT2D eigenvalue weighted by Gasteiger charge is 2.21. The largest absolute Gasteiger partial charge is 0.431 e. The van der Waals surface area contributed by atoms with E-state index in [2.05, 4.69) is 9.97 Å². The predicted molar refractivity (Wildman–Crippen MR) is 78.9 cm³/mol. The van der Waals surface area contributed by atoms with Gasteiger partial charge < -0.3 is 4.74 Å². The van der Waals surface area contributed by atoms with Crippen molar-refractivity contribution in [2.24, 2.45) is 0 Å². The van der Waals surface area contributed by atoms with Gasteiger partial charge in [0.2, 0.25) is 11.6 Å². The smallest absolute Gasteiger partial charge is 0.314 e. The average molecular weight is 308 g/mol. The van der Waals surface area contributed by atoms with Crippen LogP contribution >= 0.6 is 11.6 Å². The van der Waals surface area contributed by atoms with Crippen molar-refractivity contribution in [1.82, 2.24) is 9.97 Å². The van der Waals surface area contributed by atoms with E-state index in [1.54, 1.807) is 19.1 Å². The van der Waals surface area contributed by atoms with Gasteiger partial charge in [-0.05, 0) is 19.4 Å². The molecule has 0 atom stereocenters. The van der Waals surface area contributed by atoms with E-state index < -0.39 is 4.92 Å². The number of hydrogen-bond donors (Lipinski definition) is 0. The molecule has 0 aliphatic heterocycles. The van der Waals surface area contributed by atoms with Crippen LogP contribution in [0.2, 0.25) is 5.15 Å². The fourth-order valence-electron chi connectivity index (χ4n) is 1.98. The fourth-order valence-corrected chi connectivity index (χ4v) is 2.20. The van der Waals surface area contributed by atoms with Crippen molar-refractivity contribution in [3.63, 3.8) is 0 Å². The molecule has 0 unspecified atom stereocenters. The molecule has 0 amide bonds. The summed E-state index contributed by atoms with van der Waals surface area (Å²) in [6.45, 7) is 3.65. The molecule has 6 nitrogen and oxygen atoms in total. The normalized spacial score (nSPS) is 10.4. The molecule has 0 radical (unpaired) electrons. The summed E-state index contributed by atoms with van der Waals surface area (Å²) >= 11 is 6.04. The van der Waals surface area contributed by atoms with Gasteiger partial charge in [0.25, 0.3) is 0 Å². The van der Waals surface area contributed by atoms with Gasteiger partial charge in [0.1, 0.15) is 11.5 Å². The van der Waals surface area contributed by atoms with Crippen molar-refractivity contribution in [3.05, 3.63) is 50.9 Å². The second kappa shape index (κ2) is 6.49. The number of nitro benzene ring substituents is 1. The third-order valence-corrected chi connectivity index (χ3v) is 3.27. The van der Waals surface area contributed by atoms with Gasteiger partial charge in [-0.25, -0.2) is 9.97 Å². The molecule has 0 aliphatic carbocycles. The van der Waals surface area contributed by atoms with E-state index in [1.807, 2.05) is 6.92 Å². The van der Waals surface area contributed by atoms with E-state index in [0.29, 0.717) is 22.7 Å². The molecule has 2 aromatic rings. The van der Waals surface area contributed by atoms with Crippen molar-refractivity contribution >= 4 is 17.3 Å². The van der Waals surface area contributed by atoms with Crippen LogP contribution in [0.5, 0.6) is 11.6 Å². The summed E-state index contributed by atoms with van der Waals surface area (Å²) in [5.74, 6) is 0.401. The molecule has 0 N–H and O–H groups in total. The molecule has 1 heterocycles. The molecule has 1 aromatic carbocycles. The maximum atomic E-state index is 11.2. The first-order chi connectivity index (χ1) is 10.0. The Morgan fingerprint density at radius 3 is 2.81 bits per heavy atom. The molecule has 0 fully saturated rings. The Hall–Kier alpha value is -2.21. The number of hydrogen-bond acceptors (Lipinski definition) is 5. The third kappa shape index (κ3) is 3.28. The predicted octanol–water partition coefficient (Wildman–Crippen LogP) is 4.09. The SMILES string of the molecule is CCCc1c(Cl)ncnc1Oc1cccc(C)c1[N+](=O)[O-]. The van der Waals surface area contributed by atoms with E-state index in [9.17, 15) is 10.1 Å². The zero-order valence-electron chi connectivity index (χ0n) is 11.7. The van der Waals surface area contributed by atoms with E-state index in [4.69, 9.17) is 16.3 Å². The minimum atomic E-state index is -0.465. The minimum Gasteiger partial charge on any atom is -0.431 e. The minimum absolute atomic E-state index is 0.0744. The first-order valence-corrected chi connectivity index (χ1v) is 6.83. The topological polar surface area (TPSA) is 78.2 Å². The third-order valence-electron chi connectivity index (χ3n) is 2.94. The van der Waals surface area contributed by atoms with Gasteiger partial charge in [0.05, 0.1) is 10.5 Å². The Morgan fingerprint density at radius 2 is 2.14 bits per heavy atom. The lowest BCUT2D eigenvalue weighted by Gasteiger charge is -2.11.